The van der Waals surface area contributed by atoms with Gasteiger partial charge in [-0.1, -0.05) is 31.3 Å². The van der Waals surface area contributed by atoms with Crippen molar-refractivity contribution in [3.63, 3.8) is 0 Å². The summed E-state index contributed by atoms with van der Waals surface area (Å²) in [5.74, 6) is 6.23. The minimum Gasteiger partial charge on any atom is -0.212 e. The average molecular weight is 360 g/mol. The molecule has 0 heterocycles. The van der Waals surface area contributed by atoms with Gasteiger partial charge in [0.25, 0.3) is 0 Å². The number of benzene rings is 1. The largest absolute Gasteiger partial charge is 0.212 e. The number of rotatable bonds is 3. The van der Waals surface area contributed by atoms with E-state index in [2.05, 4.69) is 11.8 Å². The molecule has 0 amide bonds. The monoisotopic (exact) mass is 360 g/mol. The first-order valence-electron chi connectivity index (χ1n) is 9.90. The molecule has 1 unspecified atom stereocenters. The highest BCUT2D eigenvalue weighted by molar-refractivity contribution is 5.39. The molecule has 0 aromatic heterocycles. The van der Waals surface area contributed by atoms with E-state index in [4.69, 9.17) is 0 Å². The van der Waals surface area contributed by atoms with Crippen LogP contribution in [0.4, 0.5) is 13.2 Å². The van der Waals surface area contributed by atoms with Crippen LogP contribution in [0, 0.1) is 41.2 Å². The van der Waals surface area contributed by atoms with Crippen LogP contribution < -0.4 is 0 Å². The lowest BCUT2D eigenvalue weighted by atomic mass is 9.72. The quantitative estimate of drug-likeness (QED) is 0.524. The fourth-order valence-corrected chi connectivity index (χ4v) is 4.34. The third-order valence-electron chi connectivity index (χ3n) is 5.88. The van der Waals surface area contributed by atoms with Gasteiger partial charge in [0.1, 0.15) is 11.6 Å². The second-order valence-corrected chi connectivity index (χ2v) is 7.75. The maximum atomic E-state index is 14.1. The lowest BCUT2D eigenvalue weighted by Crippen LogP contribution is -2.22. The first-order valence-corrected chi connectivity index (χ1v) is 9.90. The van der Waals surface area contributed by atoms with Crippen molar-refractivity contribution < 1.29 is 13.2 Å². The molecular weight excluding hydrogens is 333 g/mol. The predicted octanol–water partition coefficient (Wildman–Crippen LogP) is 6.73. The van der Waals surface area contributed by atoms with E-state index in [0.717, 1.165) is 44.9 Å². The minimum absolute atomic E-state index is 0.0369. The molecule has 2 aliphatic carbocycles. The van der Waals surface area contributed by atoms with E-state index in [1.165, 1.54) is 12.1 Å². The molecule has 3 rings (SSSR count). The first kappa shape index (κ1) is 19.1. The van der Waals surface area contributed by atoms with Gasteiger partial charge in [0.05, 0.1) is 11.4 Å². The summed E-state index contributed by atoms with van der Waals surface area (Å²) in [5.41, 5.74) is 0.589. The van der Waals surface area contributed by atoms with Gasteiger partial charge in [-0.3, -0.25) is 0 Å². The van der Waals surface area contributed by atoms with Crippen molar-refractivity contribution in [3.8, 4) is 11.8 Å². The fraction of sp³-hybridized carbons (Fsp3) is 0.565. The van der Waals surface area contributed by atoms with Gasteiger partial charge in [-0.15, -0.1) is 0 Å². The van der Waals surface area contributed by atoms with Crippen LogP contribution >= 0.6 is 0 Å². The van der Waals surface area contributed by atoms with Gasteiger partial charge in [-0.25, -0.2) is 13.2 Å². The van der Waals surface area contributed by atoms with Crippen LogP contribution in [0.2, 0.25) is 0 Å². The zero-order chi connectivity index (χ0) is 18.5. The molecule has 0 nitrogen and oxygen atoms in total. The van der Waals surface area contributed by atoms with Crippen molar-refractivity contribution in [2.24, 2.45) is 17.8 Å². The third kappa shape index (κ3) is 4.72. The van der Waals surface area contributed by atoms with Crippen LogP contribution in [-0.2, 0) is 6.42 Å². The Hall–Kier alpha value is -1.69. The molecule has 3 heteroatoms. The molecular formula is C23H27F3. The first-order chi connectivity index (χ1) is 12.6. The van der Waals surface area contributed by atoms with E-state index in [0.29, 0.717) is 30.2 Å². The third-order valence-corrected chi connectivity index (χ3v) is 5.88. The topological polar surface area (TPSA) is 0 Å². The normalized spacial score (nSPS) is 26.0. The number of allylic oxidation sites excluding steroid dienone is 2. The fourth-order valence-electron chi connectivity index (χ4n) is 4.34. The van der Waals surface area contributed by atoms with E-state index in [1.807, 2.05) is 6.92 Å². The van der Waals surface area contributed by atoms with Crippen molar-refractivity contribution in [1.29, 1.82) is 0 Å². The Morgan fingerprint density at radius 2 is 1.65 bits per heavy atom. The standard InChI is InChI=1S/C23H27F3/c1-2-3-17-14-22(25)21(23(26)15-17)13-6-16-4-7-18(8-5-16)19-9-11-20(24)12-10-19/h11,14-16,18-19H,2-5,7-10,12H2,1H3/t16-,18-,19?. The van der Waals surface area contributed by atoms with Crippen LogP contribution in [0.3, 0.4) is 0 Å². The summed E-state index contributed by atoms with van der Waals surface area (Å²) in [6.45, 7) is 1.99. The van der Waals surface area contributed by atoms with Gasteiger partial charge >= 0.3 is 0 Å². The highest BCUT2D eigenvalue weighted by atomic mass is 19.1. The Balaban J connectivity index is 1.59. The Bertz CT molecular complexity index is 692. The highest BCUT2D eigenvalue weighted by Gasteiger charge is 2.28. The molecule has 0 aliphatic heterocycles. The van der Waals surface area contributed by atoms with E-state index in [9.17, 15) is 13.2 Å². The molecule has 1 saturated carbocycles. The van der Waals surface area contributed by atoms with Crippen molar-refractivity contribution in [2.75, 3.05) is 0 Å². The lowest BCUT2D eigenvalue weighted by Gasteiger charge is -2.33. The molecule has 1 aromatic rings. The molecule has 1 aromatic carbocycles. The average Bonchev–Trinajstić information content (AvgIpc) is 2.62. The van der Waals surface area contributed by atoms with Crippen molar-refractivity contribution in [2.45, 2.75) is 64.7 Å². The Morgan fingerprint density at radius 1 is 0.962 bits per heavy atom. The lowest BCUT2D eigenvalue weighted by molar-refractivity contribution is 0.208. The molecule has 0 bridgehead atoms. The molecule has 1 atom stereocenters. The number of hydrogen-bond acceptors (Lipinski definition) is 0. The number of hydrogen-bond donors (Lipinski definition) is 0. The van der Waals surface area contributed by atoms with Gasteiger partial charge in [0.2, 0.25) is 0 Å². The molecule has 0 spiro atoms. The molecule has 140 valence electrons. The van der Waals surface area contributed by atoms with Gasteiger partial charge in [-0.2, -0.15) is 0 Å². The molecule has 0 radical (unpaired) electrons. The van der Waals surface area contributed by atoms with Crippen LogP contribution in [0.25, 0.3) is 0 Å². The van der Waals surface area contributed by atoms with E-state index >= 15 is 0 Å². The van der Waals surface area contributed by atoms with Crippen molar-refractivity contribution in [3.05, 3.63) is 46.8 Å². The van der Waals surface area contributed by atoms with Crippen LogP contribution in [0.15, 0.2) is 24.0 Å². The Kier molecular flexibility index (Phi) is 6.46. The van der Waals surface area contributed by atoms with E-state index in [1.54, 1.807) is 6.08 Å². The van der Waals surface area contributed by atoms with E-state index < -0.39 is 11.6 Å². The Morgan fingerprint density at radius 3 is 2.23 bits per heavy atom. The Labute approximate surface area is 154 Å². The smallest absolute Gasteiger partial charge is 0.142 e. The van der Waals surface area contributed by atoms with Gasteiger partial charge in [0, 0.05) is 5.92 Å². The van der Waals surface area contributed by atoms with E-state index in [-0.39, 0.29) is 17.3 Å². The SMILES string of the molecule is CCCc1cc(F)c(C#C[C@H]2CC[C@H](C3CC=C(F)CC3)CC2)c(F)c1. The number of aryl methyl sites for hydroxylation is 1. The van der Waals surface area contributed by atoms with Crippen molar-refractivity contribution in [1.82, 2.24) is 0 Å². The summed E-state index contributed by atoms with van der Waals surface area (Å²) in [6, 6.07) is 2.81. The zero-order valence-electron chi connectivity index (χ0n) is 15.5. The summed E-state index contributed by atoms with van der Waals surface area (Å²) in [4.78, 5) is 0. The predicted molar refractivity (Wildman–Crippen MR) is 99.2 cm³/mol. The molecule has 0 N–H and O–H groups in total. The van der Waals surface area contributed by atoms with Gasteiger partial charge in [-0.05, 0) is 80.9 Å². The highest BCUT2D eigenvalue weighted by Crippen LogP contribution is 2.39. The summed E-state index contributed by atoms with van der Waals surface area (Å²) in [5, 5.41) is 0. The maximum absolute atomic E-state index is 14.1. The van der Waals surface area contributed by atoms with Crippen LogP contribution in [-0.4, -0.2) is 0 Å². The summed E-state index contributed by atoms with van der Waals surface area (Å²) in [7, 11) is 0. The molecule has 2 aliphatic rings. The summed E-state index contributed by atoms with van der Waals surface area (Å²) >= 11 is 0. The van der Waals surface area contributed by atoms with Crippen LogP contribution in [0.1, 0.15) is 69.4 Å². The summed E-state index contributed by atoms with van der Waals surface area (Å²) < 4.78 is 41.5. The number of halogens is 3. The van der Waals surface area contributed by atoms with Crippen molar-refractivity contribution >= 4 is 0 Å². The zero-order valence-corrected chi connectivity index (χ0v) is 15.5. The minimum atomic E-state index is -0.550. The molecule has 26 heavy (non-hydrogen) atoms. The second kappa shape index (κ2) is 8.80. The second-order valence-electron chi connectivity index (χ2n) is 7.75. The maximum Gasteiger partial charge on any atom is 0.142 e. The van der Waals surface area contributed by atoms with Gasteiger partial charge in [0.15, 0.2) is 0 Å². The van der Waals surface area contributed by atoms with Crippen LogP contribution in [0.5, 0.6) is 0 Å². The molecule has 1 fully saturated rings. The molecule has 0 saturated heterocycles. The summed E-state index contributed by atoms with van der Waals surface area (Å²) in [6.07, 6.45) is 9.76. The van der Waals surface area contributed by atoms with Gasteiger partial charge < -0.3 is 0 Å².